The van der Waals surface area contributed by atoms with Crippen molar-refractivity contribution in [2.45, 2.75) is 51.7 Å². The number of rotatable bonds is 13. The van der Waals surface area contributed by atoms with Gasteiger partial charge in [-0.15, -0.1) is 0 Å². The predicted octanol–water partition coefficient (Wildman–Crippen LogP) is 7.97. The van der Waals surface area contributed by atoms with E-state index in [-0.39, 0.29) is 11.9 Å². The molecule has 0 radical (unpaired) electrons. The van der Waals surface area contributed by atoms with Crippen molar-refractivity contribution in [3.8, 4) is 22.3 Å². The van der Waals surface area contributed by atoms with Crippen molar-refractivity contribution in [2.75, 3.05) is 18.6 Å². The molecule has 1 unspecified atom stereocenters. The molecule has 0 fully saturated rings. The second-order valence-electron chi connectivity index (χ2n) is 11.2. The van der Waals surface area contributed by atoms with Gasteiger partial charge in [-0.25, -0.2) is 4.79 Å². The Balaban J connectivity index is 1.53. The number of unbranched alkanes of at least 4 members (excludes halogenated alkanes) is 1. The van der Waals surface area contributed by atoms with Gasteiger partial charge in [0.05, 0.1) is 6.04 Å². The standard InChI is InChI=1S/C37H40N2O3S/c1-4-5-21-39(35-30-16-10-8-14-28(30)29-15-9-11-17-31(29)35)24-26-18-19-32(33(23-26)27-13-7-6-12-25(27)2)36(40)38-34(37(41)42)20-22-43-3/h6-19,23,34-35H,4-5,20-22,24H2,1-3H3,(H,38,40)(H,41,42). The second-order valence-corrected chi connectivity index (χ2v) is 12.2. The molecule has 4 aromatic carbocycles. The number of amides is 1. The molecule has 43 heavy (non-hydrogen) atoms. The summed E-state index contributed by atoms with van der Waals surface area (Å²) >= 11 is 1.57. The first-order valence-corrected chi connectivity index (χ1v) is 16.5. The average Bonchev–Trinajstić information content (AvgIpc) is 3.35. The highest BCUT2D eigenvalue weighted by molar-refractivity contribution is 7.98. The van der Waals surface area contributed by atoms with Crippen LogP contribution in [0.3, 0.4) is 0 Å². The van der Waals surface area contributed by atoms with Gasteiger partial charge in [0, 0.05) is 12.1 Å². The zero-order chi connectivity index (χ0) is 30.3. The van der Waals surface area contributed by atoms with Gasteiger partial charge in [0.25, 0.3) is 5.91 Å². The fourth-order valence-corrected chi connectivity index (χ4v) is 6.60. The molecule has 2 N–H and O–H groups in total. The van der Waals surface area contributed by atoms with E-state index in [1.807, 2.05) is 49.6 Å². The van der Waals surface area contributed by atoms with Crippen molar-refractivity contribution >= 4 is 23.6 Å². The smallest absolute Gasteiger partial charge is 0.326 e. The van der Waals surface area contributed by atoms with E-state index in [9.17, 15) is 14.7 Å². The minimum Gasteiger partial charge on any atom is -0.480 e. The van der Waals surface area contributed by atoms with Gasteiger partial charge >= 0.3 is 5.97 Å². The van der Waals surface area contributed by atoms with E-state index in [1.165, 1.54) is 22.3 Å². The number of hydrogen-bond donors (Lipinski definition) is 2. The van der Waals surface area contributed by atoms with Gasteiger partial charge in [-0.3, -0.25) is 9.69 Å². The van der Waals surface area contributed by atoms with Crippen LogP contribution in [0.15, 0.2) is 91.0 Å². The van der Waals surface area contributed by atoms with Crippen LogP contribution in [0, 0.1) is 6.92 Å². The summed E-state index contributed by atoms with van der Waals surface area (Å²) in [4.78, 5) is 28.1. The SMILES string of the molecule is CCCCN(Cc1ccc(C(=O)NC(CCSC)C(=O)O)c(-c2ccccc2C)c1)C1c2ccccc2-c2ccccc21. The molecule has 1 amide bonds. The molecular weight excluding hydrogens is 552 g/mol. The van der Waals surface area contributed by atoms with E-state index >= 15 is 0 Å². The Hall–Kier alpha value is -3.87. The van der Waals surface area contributed by atoms with Crippen LogP contribution in [0.2, 0.25) is 0 Å². The molecule has 0 aromatic heterocycles. The monoisotopic (exact) mass is 592 g/mol. The largest absolute Gasteiger partial charge is 0.480 e. The summed E-state index contributed by atoms with van der Waals surface area (Å²) in [5, 5.41) is 12.5. The number of fused-ring (bicyclic) bond motifs is 3. The van der Waals surface area contributed by atoms with Crippen LogP contribution in [-0.4, -0.2) is 46.5 Å². The van der Waals surface area contributed by atoms with Crippen molar-refractivity contribution in [1.29, 1.82) is 0 Å². The third kappa shape index (κ3) is 6.71. The lowest BCUT2D eigenvalue weighted by atomic mass is 9.93. The van der Waals surface area contributed by atoms with Crippen molar-refractivity contribution in [3.05, 3.63) is 119 Å². The van der Waals surface area contributed by atoms with Gasteiger partial charge in [-0.05, 0) is 95.0 Å². The molecular formula is C37H40N2O3S. The number of carbonyl (C=O) groups excluding carboxylic acids is 1. The number of nitrogens with zero attached hydrogens (tertiary/aromatic N) is 1. The van der Waals surface area contributed by atoms with Crippen molar-refractivity contribution in [3.63, 3.8) is 0 Å². The van der Waals surface area contributed by atoms with Crippen molar-refractivity contribution in [2.24, 2.45) is 0 Å². The number of benzene rings is 4. The number of aliphatic carboxylic acids is 1. The molecule has 0 saturated carbocycles. The zero-order valence-corrected chi connectivity index (χ0v) is 26.0. The third-order valence-corrected chi connectivity index (χ3v) is 8.97. The van der Waals surface area contributed by atoms with Crippen molar-refractivity contribution in [1.82, 2.24) is 10.2 Å². The predicted molar refractivity (Wildman–Crippen MR) is 178 cm³/mol. The third-order valence-electron chi connectivity index (χ3n) is 8.33. The lowest BCUT2D eigenvalue weighted by molar-refractivity contribution is -0.139. The highest BCUT2D eigenvalue weighted by Crippen LogP contribution is 2.46. The van der Waals surface area contributed by atoms with Gasteiger partial charge < -0.3 is 10.4 Å². The minimum atomic E-state index is -1.01. The Morgan fingerprint density at radius 1 is 0.884 bits per heavy atom. The Kier molecular flexibility index (Phi) is 10.0. The molecule has 0 bridgehead atoms. The van der Waals surface area contributed by atoms with E-state index in [0.717, 1.165) is 48.2 Å². The fourth-order valence-electron chi connectivity index (χ4n) is 6.13. The molecule has 0 heterocycles. The summed E-state index contributed by atoms with van der Waals surface area (Å²) in [6.45, 7) is 5.94. The highest BCUT2D eigenvalue weighted by atomic mass is 32.2. The lowest BCUT2D eigenvalue weighted by Gasteiger charge is -2.31. The molecule has 1 aliphatic carbocycles. The Morgan fingerprint density at radius 3 is 2.12 bits per heavy atom. The lowest BCUT2D eigenvalue weighted by Crippen LogP contribution is -2.41. The number of hydrogen-bond acceptors (Lipinski definition) is 4. The summed E-state index contributed by atoms with van der Waals surface area (Å²) in [6.07, 6.45) is 4.49. The van der Waals surface area contributed by atoms with Crippen LogP contribution < -0.4 is 5.32 Å². The zero-order valence-electron chi connectivity index (χ0n) is 25.2. The first-order valence-electron chi connectivity index (χ1n) is 15.1. The summed E-state index contributed by atoms with van der Waals surface area (Å²) in [5.41, 5.74) is 9.73. The molecule has 0 spiro atoms. The molecule has 0 saturated heterocycles. The molecule has 4 aromatic rings. The topological polar surface area (TPSA) is 69.6 Å². The van der Waals surface area contributed by atoms with E-state index in [4.69, 9.17) is 0 Å². The van der Waals surface area contributed by atoms with Crippen LogP contribution in [0.4, 0.5) is 0 Å². The average molecular weight is 593 g/mol. The van der Waals surface area contributed by atoms with E-state index < -0.39 is 12.0 Å². The fraction of sp³-hybridized carbons (Fsp3) is 0.297. The van der Waals surface area contributed by atoms with Crippen LogP contribution in [0.1, 0.15) is 64.8 Å². The minimum absolute atomic E-state index is 0.150. The highest BCUT2D eigenvalue weighted by Gasteiger charge is 2.32. The first kappa shape index (κ1) is 30.6. The summed E-state index contributed by atoms with van der Waals surface area (Å²) in [7, 11) is 0. The maximum atomic E-state index is 13.6. The Bertz CT molecular complexity index is 1560. The Morgan fingerprint density at radius 2 is 1.51 bits per heavy atom. The van der Waals surface area contributed by atoms with Crippen molar-refractivity contribution < 1.29 is 14.7 Å². The molecule has 6 heteroatoms. The van der Waals surface area contributed by atoms with E-state index in [0.29, 0.717) is 17.7 Å². The van der Waals surface area contributed by atoms with Gasteiger partial charge in [0.15, 0.2) is 0 Å². The maximum Gasteiger partial charge on any atom is 0.326 e. The number of aryl methyl sites for hydroxylation is 1. The first-order chi connectivity index (χ1) is 20.9. The van der Waals surface area contributed by atoms with Gasteiger partial charge in [0.2, 0.25) is 0 Å². The number of carboxylic acids is 1. The van der Waals surface area contributed by atoms with Crippen LogP contribution in [0.25, 0.3) is 22.3 Å². The number of carbonyl (C=O) groups is 2. The molecule has 5 rings (SSSR count). The van der Waals surface area contributed by atoms with E-state index in [1.54, 1.807) is 11.8 Å². The summed E-state index contributed by atoms with van der Waals surface area (Å²) < 4.78 is 0. The molecule has 5 nitrogen and oxygen atoms in total. The molecule has 222 valence electrons. The number of nitrogens with one attached hydrogen (secondary N) is 1. The summed E-state index contributed by atoms with van der Waals surface area (Å²) in [6, 6.07) is 30.7. The normalized spacial score (nSPS) is 13.0. The maximum absolute atomic E-state index is 13.6. The van der Waals surface area contributed by atoms with Crippen LogP contribution in [-0.2, 0) is 11.3 Å². The van der Waals surface area contributed by atoms with Crippen LogP contribution >= 0.6 is 11.8 Å². The Labute approximate surface area is 259 Å². The van der Waals surface area contributed by atoms with Crippen LogP contribution in [0.5, 0.6) is 0 Å². The molecule has 1 aliphatic rings. The summed E-state index contributed by atoms with van der Waals surface area (Å²) in [5.74, 6) is -0.720. The quantitative estimate of drug-likeness (QED) is 0.165. The number of carboxylic acid groups (broad SMARTS) is 1. The van der Waals surface area contributed by atoms with Gasteiger partial charge in [0.1, 0.15) is 6.04 Å². The second kappa shape index (κ2) is 14.1. The number of thioether (sulfide) groups is 1. The van der Waals surface area contributed by atoms with Gasteiger partial charge in [-0.2, -0.15) is 11.8 Å². The van der Waals surface area contributed by atoms with E-state index in [2.05, 4.69) is 71.7 Å². The molecule has 0 aliphatic heterocycles. The van der Waals surface area contributed by atoms with Gasteiger partial charge in [-0.1, -0.05) is 92.2 Å². The molecule has 1 atom stereocenters.